The second-order valence-electron chi connectivity index (χ2n) is 4.20. The fraction of sp³-hybridized carbons (Fsp3) is 0.833. The molecule has 0 saturated heterocycles. The molecule has 1 rings (SSSR count). The molecule has 0 radical (unpaired) electrons. The predicted octanol–water partition coefficient (Wildman–Crippen LogP) is 3.22. The third-order valence-electron chi connectivity index (χ3n) is 3.17. The van der Waals surface area contributed by atoms with Gasteiger partial charge in [-0.05, 0) is 32.1 Å². The van der Waals surface area contributed by atoms with Crippen LogP contribution in [-0.4, -0.2) is 24.1 Å². The van der Waals surface area contributed by atoms with Gasteiger partial charge in [-0.25, -0.2) is 0 Å². The maximum absolute atomic E-state index is 3.74. The Labute approximate surface area is 92.7 Å². The summed E-state index contributed by atoms with van der Waals surface area (Å²) in [4.78, 5) is 0. The summed E-state index contributed by atoms with van der Waals surface area (Å²) in [5.74, 6) is 0. The molecule has 0 aliphatic heterocycles. The third-order valence-corrected chi connectivity index (χ3v) is 4.59. The molecule has 0 spiro atoms. The summed E-state index contributed by atoms with van der Waals surface area (Å²) < 4.78 is 0.541. The minimum atomic E-state index is 0.541. The van der Waals surface area contributed by atoms with Crippen LogP contribution < -0.4 is 5.32 Å². The lowest BCUT2D eigenvalue weighted by molar-refractivity contribution is 0.381. The molecule has 1 N–H and O–H groups in total. The molecule has 0 aromatic carbocycles. The molecule has 1 aliphatic rings. The number of rotatable bonds is 6. The van der Waals surface area contributed by atoms with E-state index in [1.54, 1.807) is 0 Å². The number of hydrogen-bond acceptors (Lipinski definition) is 2. The van der Waals surface area contributed by atoms with Crippen LogP contribution in [0.5, 0.6) is 0 Å². The van der Waals surface area contributed by atoms with Crippen molar-refractivity contribution in [3.05, 3.63) is 12.7 Å². The summed E-state index contributed by atoms with van der Waals surface area (Å²) in [5.41, 5.74) is 0. The van der Waals surface area contributed by atoms with E-state index in [1.807, 2.05) is 6.08 Å². The highest BCUT2D eigenvalue weighted by Crippen LogP contribution is 2.37. The standard InChI is InChI=1S/C12H23NS/c1-3-4-10-13-11-12(14-2)8-6-5-7-9-12/h3,13H,1,4-11H2,2H3. The lowest BCUT2D eigenvalue weighted by Crippen LogP contribution is -2.39. The number of nitrogens with one attached hydrogen (secondary N) is 1. The van der Waals surface area contributed by atoms with Gasteiger partial charge in [-0.1, -0.05) is 25.3 Å². The van der Waals surface area contributed by atoms with Crippen LogP contribution in [0.3, 0.4) is 0 Å². The van der Waals surface area contributed by atoms with Crippen molar-refractivity contribution in [3.8, 4) is 0 Å². The molecular weight excluding hydrogens is 190 g/mol. The fourth-order valence-corrected chi connectivity index (χ4v) is 3.11. The van der Waals surface area contributed by atoms with Gasteiger partial charge in [0.2, 0.25) is 0 Å². The predicted molar refractivity (Wildman–Crippen MR) is 67.0 cm³/mol. The largest absolute Gasteiger partial charge is 0.315 e. The molecule has 0 aromatic rings. The maximum atomic E-state index is 3.74. The Bertz CT molecular complexity index is 162. The molecule has 0 bridgehead atoms. The van der Waals surface area contributed by atoms with Gasteiger partial charge < -0.3 is 5.32 Å². The molecule has 0 atom stereocenters. The molecule has 1 aliphatic carbocycles. The van der Waals surface area contributed by atoms with Crippen molar-refractivity contribution >= 4 is 11.8 Å². The minimum absolute atomic E-state index is 0.541. The van der Waals surface area contributed by atoms with Crippen molar-refractivity contribution in [1.29, 1.82) is 0 Å². The first kappa shape index (κ1) is 12.1. The summed E-state index contributed by atoms with van der Waals surface area (Å²) in [6.45, 7) is 6.01. The summed E-state index contributed by atoms with van der Waals surface area (Å²) in [7, 11) is 0. The molecule has 82 valence electrons. The number of thioether (sulfide) groups is 1. The first-order chi connectivity index (χ1) is 6.83. The summed E-state index contributed by atoms with van der Waals surface area (Å²) >= 11 is 2.06. The maximum Gasteiger partial charge on any atom is 0.0281 e. The van der Waals surface area contributed by atoms with Crippen LogP contribution in [0.4, 0.5) is 0 Å². The first-order valence-corrected chi connectivity index (χ1v) is 6.92. The van der Waals surface area contributed by atoms with Crippen LogP contribution in [0.15, 0.2) is 12.7 Å². The van der Waals surface area contributed by atoms with Gasteiger partial charge in [-0.15, -0.1) is 6.58 Å². The van der Waals surface area contributed by atoms with E-state index in [4.69, 9.17) is 0 Å². The van der Waals surface area contributed by atoms with Gasteiger partial charge in [0.25, 0.3) is 0 Å². The Balaban J connectivity index is 2.25. The van der Waals surface area contributed by atoms with E-state index in [-0.39, 0.29) is 0 Å². The number of hydrogen-bond donors (Lipinski definition) is 1. The molecule has 0 heterocycles. The van der Waals surface area contributed by atoms with Gasteiger partial charge in [0.15, 0.2) is 0 Å². The van der Waals surface area contributed by atoms with E-state index < -0.39 is 0 Å². The van der Waals surface area contributed by atoms with Crippen LogP contribution in [0.25, 0.3) is 0 Å². The Kier molecular flexibility index (Phi) is 5.64. The second-order valence-corrected chi connectivity index (χ2v) is 5.48. The summed E-state index contributed by atoms with van der Waals surface area (Å²) in [5, 5.41) is 3.56. The van der Waals surface area contributed by atoms with Crippen molar-refractivity contribution < 1.29 is 0 Å². The molecule has 1 fully saturated rings. The molecule has 0 aromatic heterocycles. The Morgan fingerprint density at radius 2 is 2.07 bits per heavy atom. The van der Waals surface area contributed by atoms with Gasteiger partial charge >= 0.3 is 0 Å². The molecule has 2 heteroatoms. The van der Waals surface area contributed by atoms with Gasteiger partial charge in [-0.2, -0.15) is 11.8 Å². The van der Waals surface area contributed by atoms with E-state index >= 15 is 0 Å². The second kappa shape index (κ2) is 6.52. The van der Waals surface area contributed by atoms with Gasteiger partial charge in [-0.3, -0.25) is 0 Å². The highest BCUT2D eigenvalue weighted by atomic mass is 32.2. The quantitative estimate of drug-likeness (QED) is 0.537. The first-order valence-electron chi connectivity index (χ1n) is 5.70. The van der Waals surface area contributed by atoms with Gasteiger partial charge in [0, 0.05) is 11.3 Å². The van der Waals surface area contributed by atoms with Crippen molar-refractivity contribution in [2.24, 2.45) is 0 Å². The zero-order chi connectivity index (χ0) is 10.3. The van der Waals surface area contributed by atoms with Crippen molar-refractivity contribution in [2.45, 2.75) is 43.3 Å². The highest BCUT2D eigenvalue weighted by molar-refractivity contribution is 8.00. The zero-order valence-electron chi connectivity index (χ0n) is 9.35. The minimum Gasteiger partial charge on any atom is -0.315 e. The smallest absolute Gasteiger partial charge is 0.0281 e. The molecule has 1 nitrogen and oxygen atoms in total. The van der Waals surface area contributed by atoms with E-state index in [0.29, 0.717) is 4.75 Å². The highest BCUT2D eigenvalue weighted by Gasteiger charge is 2.30. The van der Waals surface area contributed by atoms with Crippen molar-refractivity contribution in [2.75, 3.05) is 19.3 Å². The SMILES string of the molecule is C=CCCNCC1(SC)CCCCC1. The van der Waals surface area contributed by atoms with Crippen LogP contribution in [0.2, 0.25) is 0 Å². The van der Waals surface area contributed by atoms with E-state index in [0.717, 1.165) is 13.0 Å². The van der Waals surface area contributed by atoms with E-state index in [9.17, 15) is 0 Å². The third kappa shape index (κ3) is 3.66. The van der Waals surface area contributed by atoms with Crippen LogP contribution in [-0.2, 0) is 0 Å². The van der Waals surface area contributed by atoms with E-state index in [2.05, 4.69) is 29.9 Å². The van der Waals surface area contributed by atoms with Crippen molar-refractivity contribution in [3.63, 3.8) is 0 Å². The molecule has 0 amide bonds. The van der Waals surface area contributed by atoms with Crippen molar-refractivity contribution in [1.82, 2.24) is 5.32 Å². The summed E-state index contributed by atoms with van der Waals surface area (Å²) in [6.07, 6.45) is 12.4. The molecular formula is C12H23NS. The molecule has 0 unspecified atom stereocenters. The van der Waals surface area contributed by atoms with Crippen LogP contribution in [0.1, 0.15) is 38.5 Å². The lowest BCUT2D eigenvalue weighted by Gasteiger charge is -2.36. The monoisotopic (exact) mass is 213 g/mol. The fourth-order valence-electron chi connectivity index (χ4n) is 2.17. The Morgan fingerprint density at radius 1 is 1.36 bits per heavy atom. The van der Waals surface area contributed by atoms with Crippen LogP contribution >= 0.6 is 11.8 Å². The van der Waals surface area contributed by atoms with Gasteiger partial charge in [0.05, 0.1) is 0 Å². The zero-order valence-corrected chi connectivity index (χ0v) is 10.2. The van der Waals surface area contributed by atoms with Crippen LogP contribution in [0, 0.1) is 0 Å². The average Bonchev–Trinajstić information content (AvgIpc) is 2.26. The van der Waals surface area contributed by atoms with E-state index in [1.165, 1.54) is 38.6 Å². The Morgan fingerprint density at radius 3 is 2.64 bits per heavy atom. The topological polar surface area (TPSA) is 12.0 Å². The normalized spacial score (nSPS) is 20.6. The molecule has 1 saturated carbocycles. The van der Waals surface area contributed by atoms with Gasteiger partial charge in [0.1, 0.15) is 0 Å². The summed E-state index contributed by atoms with van der Waals surface area (Å²) in [6, 6.07) is 0. The Hall–Kier alpha value is 0.0500. The lowest BCUT2D eigenvalue weighted by atomic mass is 9.88. The molecule has 14 heavy (non-hydrogen) atoms. The average molecular weight is 213 g/mol.